The zero-order chi connectivity index (χ0) is 15.5. The number of nitrogens with zero attached hydrogens (tertiary/aromatic N) is 2. The molecule has 4 nitrogen and oxygen atoms in total. The molecule has 2 N–H and O–H groups in total. The van der Waals surface area contributed by atoms with Gasteiger partial charge < -0.3 is 10.6 Å². The van der Waals surface area contributed by atoms with Crippen LogP contribution in [0.2, 0.25) is 0 Å². The predicted octanol–water partition coefficient (Wildman–Crippen LogP) is 4.95. The SMILES string of the molecule is Cc1ccc(Nc2cc(C)nc(NC3CCCC3)n2)c(Br)c1. The average Bonchev–Trinajstić information content (AvgIpc) is 2.94. The number of halogens is 1. The molecule has 5 heteroatoms. The van der Waals surface area contributed by atoms with Crippen LogP contribution in [0.5, 0.6) is 0 Å². The van der Waals surface area contributed by atoms with Crippen LogP contribution in [0.4, 0.5) is 17.5 Å². The molecule has 2 aromatic rings. The zero-order valence-electron chi connectivity index (χ0n) is 13.0. The Hall–Kier alpha value is -1.62. The number of hydrogen-bond acceptors (Lipinski definition) is 4. The summed E-state index contributed by atoms with van der Waals surface area (Å²) in [4.78, 5) is 9.10. The van der Waals surface area contributed by atoms with E-state index >= 15 is 0 Å². The maximum absolute atomic E-state index is 4.60. The largest absolute Gasteiger partial charge is 0.351 e. The molecule has 3 rings (SSSR count). The summed E-state index contributed by atoms with van der Waals surface area (Å²) < 4.78 is 1.04. The van der Waals surface area contributed by atoms with Gasteiger partial charge in [-0.1, -0.05) is 18.9 Å². The molecule has 0 aliphatic heterocycles. The molecule has 1 fully saturated rings. The number of anilines is 3. The van der Waals surface area contributed by atoms with Gasteiger partial charge in [-0.3, -0.25) is 0 Å². The summed E-state index contributed by atoms with van der Waals surface area (Å²) in [5.74, 6) is 1.54. The molecule has 0 unspecified atom stereocenters. The number of benzene rings is 1. The Morgan fingerprint density at radius 3 is 2.59 bits per heavy atom. The molecule has 1 aromatic heterocycles. The molecule has 1 heterocycles. The van der Waals surface area contributed by atoms with Crippen molar-refractivity contribution in [3.63, 3.8) is 0 Å². The first kappa shape index (κ1) is 15.3. The lowest BCUT2D eigenvalue weighted by Gasteiger charge is -2.14. The van der Waals surface area contributed by atoms with E-state index in [2.05, 4.69) is 61.7 Å². The van der Waals surface area contributed by atoms with Crippen LogP contribution in [0.1, 0.15) is 36.9 Å². The van der Waals surface area contributed by atoms with Crippen LogP contribution in [-0.4, -0.2) is 16.0 Å². The second-order valence-corrected chi connectivity index (χ2v) is 6.81. The zero-order valence-corrected chi connectivity index (χ0v) is 14.6. The van der Waals surface area contributed by atoms with Gasteiger partial charge in [0, 0.05) is 22.3 Å². The van der Waals surface area contributed by atoms with Gasteiger partial charge in [0.25, 0.3) is 0 Å². The van der Waals surface area contributed by atoms with Crippen LogP contribution < -0.4 is 10.6 Å². The highest BCUT2D eigenvalue weighted by Gasteiger charge is 2.16. The Bertz CT molecular complexity index is 666. The maximum atomic E-state index is 4.60. The van der Waals surface area contributed by atoms with Gasteiger partial charge in [-0.25, -0.2) is 4.98 Å². The summed E-state index contributed by atoms with van der Waals surface area (Å²) in [6.45, 7) is 4.07. The molecule has 22 heavy (non-hydrogen) atoms. The average molecular weight is 361 g/mol. The van der Waals surface area contributed by atoms with Crippen molar-refractivity contribution in [2.75, 3.05) is 10.6 Å². The molecule has 1 aliphatic rings. The van der Waals surface area contributed by atoms with E-state index in [0.717, 1.165) is 27.6 Å². The number of aryl methyl sites for hydroxylation is 2. The predicted molar refractivity (Wildman–Crippen MR) is 94.8 cm³/mol. The standard InChI is InChI=1S/C17H21BrN4/c1-11-7-8-15(14(18)9-11)21-16-10-12(2)19-17(22-16)20-13-5-3-4-6-13/h7-10,13H,3-6H2,1-2H3,(H2,19,20,21,22). The van der Waals surface area contributed by atoms with Gasteiger partial charge in [0.05, 0.1) is 5.69 Å². The molecule has 1 aromatic carbocycles. The Balaban J connectivity index is 1.79. The van der Waals surface area contributed by atoms with Crippen molar-refractivity contribution in [2.24, 2.45) is 0 Å². The number of hydrogen-bond donors (Lipinski definition) is 2. The van der Waals surface area contributed by atoms with Crippen molar-refractivity contribution in [2.45, 2.75) is 45.6 Å². The first-order valence-corrected chi connectivity index (χ1v) is 8.55. The summed E-state index contributed by atoms with van der Waals surface area (Å²) in [7, 11) is 0. The fraction of sp³-hybridized carbons (Fsp3) is 0.412. The highest BCUT2D eigenvalue weighted by Crippen LogP contribution is 2.27. The molecule has 0 radical (unpaired) electrons. The molecule has 0 saturated heterocycles. The smallest absolute Gasteiger partial charge is 0.225 e. The second-order valence-electron chi connectivity index (χ2n) is 5.95. The van der Waals surface area contributed by atoms with Crippen LogP contribution in [0, 0.1) is 13.8 Å². The van der Waals surface area contributed by atoms with Crippen LogP contribution in [0.15, 0.2) is 28.7 Å². The number of aromatic nitrogens is 2. The highest BCUT2D eigenvalue weighted by molar-refractivity contribution is 9.10. The summed E-state index contributed by atoms with van der Waals surface area (Å²) in [6, 6.07) is 8.71. The van der Waals surface area contributed by atoms with Gasteiger partial charge in [0.1, 0.15) is 5.82 Å². The lowest BCUT2D eigenvalue weighted by atomic mass is 10.2. The third-order valence-electron chi connectivity index (χ3n) is 3.93. The molecule has 1 aliphatic carbocycles. The minimum atomic E-state index is 0.515. The Labute approximate surface area is 139 Å². The van der Waals surface area contributed by atoms with Gasteiger partial charge in [-0.2, -0.15) is 4.98 Å². The minimum absolute atomic E-state index is 0.515. The van der Waals surface area contributed by atoms with Gasteiger partial charge in [0.15, 0.2) is 0 Å². The van der Waals surface area contributed by atoms with Gasteiger partial charge in [-0.15, -0.1) is 0 Å². The second kappa shape index (κ2) is 6.65. The summed E-state index contributed by atoms with van der Waals surface area (Å²) in [6.07, 6.45) is 5.02. The number of nitrogens with one attached hydrogen (secondary N) is 2. The number of rotatable bonds is 4. The van der Waals surface area contributed by atoms with Crippen LogP contribution in [0.25, 0.3) is 0 Å². The van der Waals surface area contributed by atoms with E-state index in [9.17, 15) is 0 Å². The fourth-order valence-electron chi connectivity index (χ4n) is 2.81. The normalized spacial score (nSPS) is 15.0. The summed E-state index contributed by atoms with van der Waals surface area (Å²) >= 11 is 3.59. The van der Waals surface area contributed by atoms with Crippen LogP contribution >= 0.6 is 15.9 Å². The van der Waals surface area contributed by atoms with Crippen LogP contribution in [-0.2, 0) is 0 Å². The van der Waals surface area contributed by atoms with E-state index in [1.165, 1.54) is 31.2 Å². The van der Waals surface area contributed by atoms with Crippen molar-refractivity contribution >= 4 is 33.4 Å². The Morgan fingerprint density at radius 2 is 1.86 bits per heavy atom. The lowest BCUT2D eigenvalue weighted by molar-refractivity contribution is 0.743. The topological polar surface area (TPSA) is 49.8 Å². The van der Waals surface area contributed by atoms with Crippen molar-refractivity contribution < 1.29 is 0 Å². The Kier molecular flexibility index (Phi) is 4.62. The summed E-state index contributed by atoms with van der Waals surface area (Å²) in [5, 5.41) is 6.83. The van der Waals surface area contributed by atoms with E-state index in [-0.39, 0.29) is 0 Å². The van der Waals surface area contributed by atoms with Crippen molar-refractivity contribution in [3.05, 3.63) is 40.0 Å². The van der Waals surface area contributed by atoms with E-state index < -0.39 is 0 Å². The summed E-state index contributed by atoms with van der Waals surface area (Å²) in [5.41, 5.74) is 3.19. The van der Waals surface area contributed by atoms with E-state index in [1.807, 2.05) is 13.0 Å². The molecule has 0 spiro atoms. The maximum Gasteiger partial charge on any atom is 0.225 e. The molecule has 0 atom stereocenters. The van der Waals surface area contributed by atoms with Gasteiger partial charge >= 0.3 is 0 Å². The third kappa shape index (κ3) is 3.77. The van der Waals surface area contributed by atoms with Crippen molar-refractivity contribution in [1.29, 1.82) is 0 Å². The molecule has 0 bridgehead atoms. The van der Waals surface area contributed by atoms with E-state index in [1.54, 1.807) is 0 Å². The highest BCUT2D eigenvalue weighted by atomic mass is 79.9. The monoisotopic (exact) mass is 360 g/mol. The van der Waals surface area contributed by atoms with E-state index in [0.29, 0.717) is 6.04 Å². The quantitative estimate of drug-likeness (QED) is 0.809. The van der Waals surface area contributed by atoms with Crippen molar-refractivity contribution in [1.82, 2.24) is 9.97 Å². The molecule has 0 amide bonds. The van der Waals surface area contributed by atoms with Gasteiger partial charge in [0.2, 0.25) is 5.95 Å². The Morgan fingerprint density at radius 1 is 1.09 bits per heavy atom. The minimum Gasteiger partial charge on any atom is -0.351 e. The lowest BCUT2D eigenvalue weighted by Crippen LogP contribution is -2.17. The fourth-order valence-corrected chi connectivity index (χ4v) is 3.40. The molecular formula is C17H21BrN4. The van der Waals surface area contributed by atoms with Crippen molar-refractivity contribution in [3.8, 4) is 0 Å². The van der Waals surface area contributed by atoms with Crippen LogP contribution in [0.3, 0.4) is 0 Å². The first-order valence-electron chi connectivity index (χ1n) is 7.75. The molecule has 116 valence electrons. The third-order valence-corrected chi connectivity index (χ3v) is 4.59. The van der Waals surface area contributed by atoms with Gasteiger partial charge in [-0.05, 0) is 60.3 Å². The van der Waals surface area contributed by atoms with E-state index in [4.69, 9.17) is 0 Å². The molecule has 1 saturated carbocycles. The molecular weight excluding hydrogens is 340 g/mol. The first-order chi connectivity index (χ1) is 10.6.